The molecule has 1 N–H and O–H groups in total. The molecule has 0 radical (unpaired) electrons. The monoisotopic (exact) mass is 313 g/mol. The van der Waals surface area contributed by atoms with E-state index in [1.54, 1.807) is 6.07 Å². The first kappa shape index (κ1) is 14.2. The van der Waals surface area contributed by atoms with Crippen molar-refractivity contribution in [3.05, 3.63) is 62.6 Å². The summed E-state index contributed by atoms with van der Waals surface area (Å²) in [5, 5.41) is 3.59. The summed E-state index contributed by atoms with van der Waals surface area (Å²) in [5.41, 5.74) is 1.95. The number of hydrogen-bond acceptors (Lipinski definition) is 1. The lowest BCUT2D eigenvalue weighted by atomic mass is 10.2. The highest BCUT2D eigenvalue weighted by molar-refractivity contribution is 6.42. The highest BCUT2D eigenvalue weighted by Crippen LogP contribution is 2.29. The van der Waals surface area contributed by atoms with E-state index in [9.17, 15) is 4.79 Å². The standard InChI is InChI=1S/C14H10Cl3NO/c1-8-3-2-4-10(5-8)18-14(19)13-11(16)6-9(15)7-12(13)17/h2-7H,1H3,(H,18,19). The molecule has 5 heteroatoms. The van der Waals surface area contributed by atoms with E-state index in [0.717, 1.165) is 5.56 Å². The van der Waals surface area contributed by atoms with Gasteiger partial charge in [-0.2, -0.15) is 0 Å². The minimum absolute atomic E-state index is 0.217. The third-order valence-corrected chi connectivity index (χ3v) is 3.32. The van der Waals surface area contributed by atoms with Gasteiger partial charge in [0.15, 0.2) is 0 Å². The molecule has 0 bridgehead atoms. The van der Waals surface area contributed by atoms with Crippen molar-refractivity contribution < 1.29 is 4.79 Å². The first-order valence-electron chi connectivity index (χ1n) is 5.50. The molecule has 0 saturated heterocycles. The molecule has 0 heterocycles. The third-order valence-electron chi connectivity index (χ3n) is 2.51. The van der Waals surface area contributed by atoms with Crippen LogP contribution >= 0.6 is 34.8 Å². The van der Waals surface area contributed by atoms with E-state index in [0.29, 0.717) is 10.7 Å². The number of rotatable bonds is 2. The molecule has 0 fully saturated rings. The Bertz CT molecular complexity index is 617. The number of benzene rings is 2. The van der Waals surface area contributed by atoms with Crippen molar-refractivity contribution in [3.63, 3.8) is 0 Å². The van der Waals surface area contributed by atoms with Crippen molar-refractivity contribution in [1.82, 2.24) is 0 Å². The van der Waals surface area contributed by atoms with E-state index < -0.39 is 0 Å². The molecule has 0 aliphatic rings. The molecule has 0 aromatic heterocycles. The van der Waals surface area contributed by atoms with E-state index >= 15 is 0 Å². The van der Waals surface area contributed by atoms with Gasteiger partial charge in [-0.1, -0.05) is 46.9 Å². The Labute approximate surface area is 126 Å². The number of nitrogens with one attached hydrogen (secondary N) is 1. The van der Waals surface area contributed by atoms with E-state index in [1.165, 1.54) is 12.1 Å². The molecular weight excluding hydrogens is 305 g/mol. The maximum Gasteiger partial charge on any atom is 0.258 e. The zero-order valence-corrected chi connectivity index (χ0v) is 12.3. The lowest BCUT2D eigenvalue weighted by Crippen LogP contribution is -2.13. The second-order valence-electron chi connectivity index (χ2n) is 4.07. The average Bonchev–Trinajstić information content (AvgIpc) is 2.27. The van der Waals surface area contributed by atoms with Gasteiger partial charge in [0.05, 0.1) is 15.6 Å². The maximum absolute atomic E-state index is 12.2. The summed E-state index contributed by atoms with van der Waals surface area (Å²) in [7, 11) is 0. The van der Waals surface area contributed by atoms with Gasteiger partial charge in [0.25, 0.3) is 5.91 Å². The van der Waals surface area contributed by atoms with Crippen LogP contribution in [0.4, 0.5) is 5.69 Å². The van der Waals surface area contributed by atoms with Gasteiger partial charge >= 0.3 is 0 Å². The van der Waals surface area contributed by atoms with Gasteiger partial charge in [0, 0.05) is 10.7 Å². The predicted octanol–water partition coefficient (Wildman–Crippen LogP) is 5.21. The fourth-order valence-corrected chi connectivity index (χ4v) is 2.66. The van der Waals surface area contributed by atoms with Crippen molar-refractivity contribution in [2.24, 2.45) is 0 Å². The molecular formula is C14H10Cl3NO. The molecule has 2 rings (SSSR count). The Morgan fingerprint density at radius 1 is 1.05 bits per heavy atom. The van der Waals surface area contributed by atoms with Gasteiger partial charge < -0.3 is 5.32 Å². The Balaban J connectivity index is 2.31. The number of hydrogen-bond donors (Lipinski definition) is 1. The second kappa shape index (κ2) is 5.83. The highest BCUT2D eigenvalue weighted by atomic mass is 35.5. The zero-order valence-electron chi connectivity index (χ0n) is 10.0. The van der Waals surface area contributed by atoms with Gasteiger partial charge in [0.1, 0.15) is 0 Å². The second-order valence-corrected chi connectivity index (χ2v) is 5.32. The summed E-state index contributed by atoms with van der Waals surface area (Å²) < 4.78 is 0. The van der Waals surface area contributed by atoms with Crippen molar-refractivity contribution in [3.8, 4) is 0 Å². The van der Waals surface area contributed by atoms with Crippen LogP contribution in [0.15, 0.2) is 36.4 Å². The largest absolute Gasteiger partial charge is 0.322 e. The Morgan fingerprint density at radius 2 is 1.68 bits per heavy atom. The van der Waals surface area contributed by atoms with Crippen LogP contribution in [0.3, 0.4) is 0 Å². The average molecular weight is 315 g/mol. The van der Waals surface area contributed by atoms with Crippen molar-refractivity contribution >= 4 is 46.4 Å². The van der Waals surface area contributed by atoms with Crippen LogP contribution in [0.1, 0.15) is 15.9 Å². The van der Waals surface area contributed by atoms with Crippen molar-refractivity contribution in [2.75, 3.05) is 5.32 Å². The lowest BCUT2D eigenvalue weighted by molar-refractivity contribution is 0.102. The molecule has 0 unspecified atom stereocenters. The lowest BCUT2D eigenvalue weighted by Gasteiger charge is -2.09. The predicted molar refractivity (Wildman–Crippen MR) is 80.6 cm³/mol. The van der Waals surface area contributed by atoms with Gasteiger partial charge in [-0.15, -0.1) is 0 Å². The minimum Gasteiger partial charge on any atom is -0.322 e. The number of aryl methyl sites for hydroxylation is 1. The highest BCUT2D eigenvalue weighted by Gasteiger charge is 2.16. The van der Waals surface area contributed by atoms with Crippen LogP contribution in [0.25, 0.3) is 0 Å². The van der Waals surface area contributed by atoms with Crippen molar-refractivity contribution in [2.45, 2.75) is 6.92 Å². The SMILES string of the molecule is Cc1cccc(NC(=O)c2c(Cl)cc(Cl)cc2Cl)c1. The first-order chi connectivity index (χ1) is 8.97. The molecule has 2 aromatic rings. The molecule has 0 spiro atoms. The summed E-state index contributed by atoms with van der Waals surface area (Å²) in [6.07, 6.45) is 0. The Hall–Kier alpha value is -1.22. The number of amides is 1. The molecule has 0 aliphatic heterocycles. The van der Waals surface area contributed by atoms with Crippen molar-refractivity contribution in [1.29, 1.82) is 0 Å². The molecule has 2 aromatic carbocycles. The molecule has 19 heavy (non-hydrogen) atoms. The summed E-state index contributed by atoms with van der Waals surface area (Å²) in [4.78, 5) is 12.2. The number of anilines is 1. The van der Waals surface area contributed by atoms with E-state index in [1.807, 2.05) is 25.1 Å². The normalized spacial score (nSPS) is 10.3. The van der Waals surface area contributed by atoms with Crippen LogP contribution in [0.5, 0.6) is 0 Å². The topological polar surface area (TPSA) is 29.1 Å². The number of halogens is 3. The summed E-state index contributed by atoms with van der Waals surface area (Å²) in [6, 6.07) is 10.4. The molecule has 0 atom stereocenters. The summed E-state index contributed by atoms with van der Waals surface area (Å²) >= 11 is 17.8. The Kier molecular flexibility index (Phi) is 4.35. The minimum atomic E-state index is -0.364. The molecule has 98 valence electrons. The number of carbonyl (C=O) groups excluding carboxylic acids is 1. The quantitative estimate of drug-likeness (QED) is 0.810. The molecule has 1 amide bonds. The van der Waals surface area contributed by atoms with Gasteiger partial charge in [-0.05, 0) is 36.8 Å². The van der Waals surface area contributed by atoms with Gasteiger partial charge in [0.2, 0.25) is 0 Å². The maximum atomic E-state index is 12.2. The van der Waals surface area contributed by atoms with Crippen LogP contribution < -0.4 is 5.32 Å². The fourth-order valence-electron chi connectivity index (χ4n) is 1.68. The van der Waals surface area contributed by atoms with Crippen LogP contribution in [0.2, 0.25) is 15.1 Å². The van der Waals surface area contributed by atoms with E-state index in [-0.39, 0.29) is 21.5 Å². The molecule has 0 aliphatic carbocycles. The van der Waals surface area contributed by atoms with Gasteiger partial charge in [-0.3, -0.25) is 4.79 Å². The summed E-state index contributed by atoms with van der Waals surface area (Å²) in [5.74, 6) is -0.364. The van der Waals surface area contributed by atoms with E-state index in [2.05, 4.69) is 5.32 Å². The van der Waals surface area contributed by atoms with Crippen LogP contribution in [0, 0.1) is 6.92 Å². The third kappa shape index (κ3) is 3.41. The zero-order chi connectivity index (χ0) is 14.0. The van der Waals surface area contributed by atoms with Gasteiger partial charge in [-0.25, -0.2) is 0 Å². The summed E-state index contributed by atoms with van der Waals surface area (Å²) in [6.45, 7) is 1.94. The molecule has 2 nitrogen and oxygen atoms in total. The fraction of sp³-hybridized carbons (Fsp3) is 0.0714. The number of carbonyl (C=O) groups is 1. The van der Waals surface area contributed by atoms with E-state index in [4.69, 9.17) is 34.8 Å². The Morgan fingerprint density at radius 3 is 2.26 bits per heavy atom. The molecule has 0 saturated carbocycles. The first-order valence-corrected chi connectivity index (χ1v) is 6.63. The smallest absolute Gasteiger partial charge is 0.258 e. The van der Waals surface area contributed by atoms with Crippen LogP contribution in [-0.2, 0) is 0 Å². The van der Waals surface area contributed by atoms with Crippen LogP contribution in [-0.4, -0.2) is 5.91 Å².